The summed E-state index contributed by atoms with van der Waals surface area (Å²) < 4.78 is 0.712. The van der Waals surface area contributed by atoms with Crippen molar-refractivity contribution in [2.45, 2.75) is 26.4 Å². The van der Waals surface area contributed by atoms with E-state index >= 15 is 0 Å². The van der Waals surface area contributed by atoms with Gasteiger partial charge in [-0.15, -0.1) is 0 Å². The summed E-state index contributed by atoms with van der Waals surface area (Å²) in [4.78, 5) is 7.20. The highest BCUT2D eigenvalue weighted by atomic mass is 79.9. The van der Waals surface area contributed by atoms with Crippen molar-refractivity contribution in [2.75, 3.05) is 0 Å². The van der Waals surface area contributed by atoms with Gasteiger partial charge in [-0.25, -0.2) is 4.98 Å². The minimum absolute atomic E-state index is 0.000301. The van der Waals surface area contributed by atoms with Gasteiger partial charge in [-0.1, -0.05) is 13.8 Å². The number of aromatic amines is 1. The number of H-pyrrole nitrogens is 1. The Morgan fingerprint density at radius 2 is 2.27 bits per heavy atom. The van der Waals surface area contributed by atoms with Crippen LogP contribution < -0.4 is 0 Å². The van der Waals surface area contributed by atoms with Crippen molar-refractivity contribution in [3.05, 3.63) is 16.1 Å². The fourth-order valence-electron chi connectivity index (χ4n) is 0.786. The Labute approximate surface area is 74.0 Å². The van der Waals surface area contributed by atoms with E-state index in [0.717, 1.165) is 11.5 Å². The van der Waals surface area contributed by atoms with Gasteiger partial charge >= 0.3 is 0 Å². The van der Waals surface area contributed by atoms with Gasteiger partial charge in [-0.3, -0.25) is 0 Å². The van der Waals surface area contributed by atoms with Gasteiger partial charge < -0.3 is 10.1 Å². The van der Waals surface area contributed by atoms with Crippen LogP contribution in [0.2, 0.25) is 0 Å². The van der Waals surface area contributed by atoms with Crippen LogP contribution in [0.15, 0.2) is 4.60 Å². The molecule has 1 aromatic rings. The van der Waals surface area contributed by atoms with Gasteiger partial charge in [0.05, 0.1) is 12.3 Å². The summed E-state index contributed by atoms with van der Waals surface area (Å²) in [5.41, 5.74) is 0.744. The summed E-state index contributed by atoms with van der Waals surface area (Å²) >= 11 is 3.24. The third kappa shape index (κ3) is 1.81. The molecule has 3 nitrogen and oxygen atoms in total. The maximum absolute atomic E-state index is 8.81. The van der Waals surface area contributed by atoms with Gasteiger partial charge in [0.25, 0.3) is 0 Å². The lowest BCUT2D eigenvalue weighted by Gasteiger charge is -1.96. The van der Waals surface area contributed by atoms with Gasteiger partial charge in [-0.05, 0) is 15.9 Å². The van der Waals surface area contributed by atoms with Gasteiger partial charge in [0, 0.05) is 5.92 Å². The first-order valence-corrected chi connectivity index (χ1v) is 4.29. The van der Waals surface area contributed by atoms with Crippen LogP contribution in [0.3, 0.4) is 0 Å². The van der Waals surface area contributed by atoms with E-state index < -0.39 is 0 Å². The normalized spacial score (nSPS) is 11.0. The van der Waals surface area contributed by atoms with Crippen LogP contribution in [0.4, 0.5) is 0 Å². The molecule has 1 rings (SSSR count). The van der Waals surface area contributed by atoms with Gasteiger partial charge in [-0.2, -0.15) is 0 Å². The standard InChI is InChI=1S/C7H11BrN2O/c1-4(2)7-9-5(3-11)6(8)10-7/h4,11H,3H2,1-2H3,(H,9,10). The van der Waals surface area contributed by atoms with Crippen LogP contribution in [0.5, 0.6) is 0 Å². The van der Waals surface area contributed by atoms with E-state index in [4.69, 9.17) is 5.11 Å². The monoisotopic (exact) mass is 218 g/mol. The van der Waals surface area contributed by atoms with E-state index in [-0.39, 0.29) is 6.61 Å². The summed E-state index contributed by atoms with van der Waals surface area (Å²) in [6, 6.07) is 0. The van der Waals surface area contributed by atoms with Crippen LogP contribution >= 0.6 is 15.9 Å². The lowest BCUT2D eigenvalue weighted by atomic mass is 10.2. The Bertz CT molecular complexity index is 245. The maximum atomic E-state index is 8.81. The lowest BCUT2D eigenvalue weighted by Crippen LogP contribution is -1.90. The minimum atomic E-state index is 0.000301. The molecule has 0 atom stereocenters. The number of halogens is 1. The molecule has 0 bridgehead atoms. The Morgan fingerprint density at radius 1 is 1.64 bits per heavy atom. The first kappa shape index (κ1) is 8.74. The quantitative estimate of drug-likeness (QED) is 0.796. The molecule has 0 aliphatic rings. The number of imidazole rings is 1. The summed E-state index contributed by atoms with van der Waals surface area (Å²) in [6.07, 6.45) is 0. The Hall–Kier alpha value is -0.350. The zero-order valence-electron chi connectivity index (χ0n) is 6.56. The van der Waals surface area contributed by atoms with Crippen molar-refractivity contribution in [1.29, 1.82) is 0 Å². The Morgan fingerprint density at radius 3 is 2.55 bits per heavy atom. The highest BCUT2D eigenvalue weighted by Crippen LogP contribution is 2.18. The van der Waals surface area contributed by atoms with Crippen LogP contribution in [0, 0.1) is 0 Å². The molecule has 0 aliphatic carbocycles. The van der Waals surface area contributed by atoms with Crippen LogP contribution in [-0.2, 0) is 6.61 Å². The molecule has 4 heteroatoms. The van der Waals surface area contributed by atoms with E-state index in [0.29, 0.717) is 10.5 Å². The molecule has 11 heavy (non-hydrogen) atoms. The number of nitrogens with one attached hydrogen (secondary N) is 1. The number of rotatable bonds is 2. The number of hydrogen-bond donors (Lipinski definition) is 2. The molecule has 62 valence electrons. The molecule has 2 N–H and O–H groups in total. The average molecular weight is 219 g/mol. The molecule has 1 aromatic heterocycles. The molecule has 0 unspecified atom stereocenters. The average Bonchev–Trinajstić information content (AvgIpc) is 2.31. The second-order valence-electron chi connectivity index (χ2n) is 2.70. The summed E-state index contributed by atoms with van der Waals surface area (Å²) in [6.45, 7) is 4.10. The second kappa shape index (κ2) is 3.36. The molecule has 0 fully saturated rings. The molecule has 0 radical (unpaired) electrons. The topological polar surface area (TPSA) is 48.9 Å². The van der Waals surface area contributed by atoms with E-state index in [1.54, 1.807) is 0 Å². The highest BCUT2D eigenvalue weighted by molar-refractivity contribution is 9.10. The van der Waals surface area contributed by atoms with E-state index in [1.807, 2.05) is 13.8 Å². The van der Waals surface area contributed by atoms with Gasteiger partial charge in [0.1, 0.15) is 10.4 Å². The third-order valence-electron chi connectivity index (χ3n) is 1.45. The molecule has 0 amide bonds. The first-order chi connectivity index (χ1) is 5.15. The number of nitrogens with zero attached hydrogens (tertiary/aromatic N) is 1. The molecule has 0 saturated heterocycles. The minimum Gasteiger partial charge on any atom is -0.390 e. The fraction of sp³-hybridized carbons (Fsp3) is 0.571. The second-order valence-corrected chi connectivity index (χ2v) is 3.46. The molecule has 0 saturated carbocycles. The largest absolute Gasteiger partial charge is 0.390 e. The number of aliphatic hydroxyl groups is 1. The highest BCUT2D eigenvalue weighted by Gasteiger charge is 2.08. The fourth-order valence-corrected chi connectivity index (χ4v) is 1.20. The lowest BCUT2D eigenvalue weighted by molar-refractivity contribution is 0.276. The van der Waals surface area contributed by atoms with Crippen molar-refractivity contribution in [3.63, 3.8) is 0 Å². The number of hydrogen-bond acceptors (Lipinski definition) is 2. The van der Waals surface area contributed by atoms with Crippen molar-refractivity contribution >= 4 is 15.9 Å². The number of aliphatic hydroxyl groups excluding tert-OH is 1. The zero-order valence-corrected chi connectivity index (χ0v) is 8.14. The first-order valence-electron chi connectivity index (χ1n) is 3.50. The van der Waals surface area contributed by atoms with Gasteiger partial charge in [0.15, 0.2) is 0 Å². The van der Waals surface area contributed by atoms with E-state index in [9.17, 15) is 0 Å². The van der Waals surface area contributed by atoms with E-state index in [1.165, 1.54) is 0 Å². The van der Waals surface area contributed by atoms with E-state index in [2.05, 4.69) is 25.9 Å². The van der Waals surface area contributed by atoms with Crippen LogP contribution in [0.1, 0.15) is 31.3 Å². The molecule has 0 spiro atoms. The zero-order chi connectivity index (χ0) is 8.43. The summed E-state index contributed by atoms with van der Waals surface area (Å²) in [5, 5.41) is 8.81. The van der Waals surface area contributed by atoms with Gasteiger partial charge in [0.2, 0.25) is 0 Å². The summed E-state index contributed by atoms with van der Waals surface area (Å²) in [7, 11) is 0. The van der Waals surface area contributed by atoms with Crippen molar-refractivity contribution < 1.29 is 5.11 Å². The molecule has 0 aliphatic heterocycles. The smallest absolute Gasteiger partial charge is 0.129 e. The SMILES string of the molecule is CC(C)c1nc(Br)c(CO)[nH]1. The van der Waals surface area contributed by atoms with Crippen molar-refractivity contribution in [3.8, 4) is 0 Å². The van der Waals surface area contributed by atoms with Crippen LogP contribution in [-0.4, -0.2) is 15.1 Å². The predicted molar refractivity (Wildman–Crippen MR) is 46.3 cm³/mol. The molecular formula is C7H11BrN2O. The molecule has 1 heterocycles. The molecular weight excluding hydrogens is 208 g/mol. The van der Waals surface area contributed by atoms with Crippen molar-refractivity contribution in [1.82, 2.24) is 9.97 Å². The maximum Gasteiger partial charge on any atom is 0.129 e. The Balaban J connectivity index is 2.95. The van der Waals surface area contributed by atoms with Crippen molar-refractivity contribution in [2.24, 2.45) is 0 Å². The number of aromatic nitrogens is 2. The predicted octanol–water partition coefficient (Wildman–Crippen LogP) is 1.79. The third-order valence-corrected chi connectivity index (χ3v) is 2.11. The molecule has 0 aromatic carbocycles. The van der Waals surface area contributed by atoms with Crippen LogP contribution in [0.25, 0.3) is 0 Å². The Kier molecular flexibility index (Phi) is 2.67. The summed E-state index contributed by atoms with van der Waals surface area (Å²) in [5.74, 6) is 1.27.